The van der Waals surface area contributed by atoms with Gasteiger partial charge in [0, 0.05) is 23.5 Å². The molecule has 0 bridgehead atoms. The van der Waals surface area contributed by atoms with Crippen molar-refractivity contribution < 1.29 is 0 Å². The van der Waals surface area contributed by atoms with E-state index < -0.39 is 0 Å². The largest absolute Gasteiger partial charge is 0.332 e. The molecule has 1 N–H and O–H groups in total. The van der Waals surface area contributed by atoms with Crippen molar-refractivity contribution in [3.8, 4) is 0 Å². The van der Waals surface area contributed by atoms with E-state index >= 15 is 0 Å². The van der Waals surface area contributed by atoms with Crippen LogP contribution in [0.25, 0.3) is 0 Å². The first kappa shape index (κ1) is 11.6. The van der Waals surface area contributed by atoms with Crippen molar-refractivity contribution in [1.29, 1.82) is 0 Å². The second kappa shape index (κ2) is 4.65. The van der Waals surface area contributed by atoms with Gasteiger partial charge in [0.15, 0.2) is 0 Å². The van der Waals surface area contributed by atoms with Crippen LogP contribution in [0.15, 0.2) is 12.5 Å². The van der Waals surface area contributed by atoms with Crippen molar-refractivity contribution in [2.45, 2.75) is 49.4 Å². The molecule has 17 heavy (non-hydrogen) atoms. The summed E-state index contributed by atoms with van der Waals surface area (Å²) < 4.78 is 2.88. The smallest absolute Gasteiger partial charge is 0.0949 e. The van der Waals surface area contributed by atoms with Gasteiger partial charge in [-0.15, -0.1) is 0 Å². The summed E-state index contributed by atoms with van der Waals surface area (Å²) in [6.07, 6.45) is 13.0. The molecule has 0 unspecified atom stereocenters. The summed E-state index contributed by atoms with van der Waals surface area (Å²) in [6, 6.07) is 0.538. The number of imidazole rings is 1. The molecule has 1 atom stereocenters. The van der Waals surface area contributed by atoms with Gasteiger partial charge in [-0.2, -0.15) is 11.8 Å². The summed E-state index contributed by atoms with van der Waals surface area (Å²) in [6.45, 7) is 2.30. The highest BCUT2D eigenvalue weighted by Gasteiger charge is 2.37. The van der Waals surface area contributed by atoms with Crippen molar-refractivity contribution in [2.75, 3.05) is 12.8 Å². The summed E-state index contributed by atoms with van der Waals surface area (Å²) >= 11 is 2.04. The van der Waals surface area contributed by atoms with E-state index in [0.29, 0.717) is 10.8 Å². The third-order valence-electron chi connectivity index (χ3n) is 4.32. The van der Waals surface area contributed by atoms with Gasteiger partial charge in [-0.3, -0.25) is 0 Å². The molecule has 1 saturated heterocycles. The Hall–Kier alpha value is -0.480. The predicted molar refractivity (Wildman–Crippen MR) is 72.3 cm³/mol. The fourth-order valence-corrected chi connectivity index (χ4v) is 3.96. The molecule has 0 aromatic carbocycles. The molecule has 1 aliphatic heterocycles. The maximum atomic E-state index is 4.36. The van der Waals surface area contributed by atoms with Crippen LogP contribution in [0, 0.1) is 0 Å². The molecule has 94 valence electrons. The molecular formula is C13H21N3S. The molecule has 1 aliphatic carbocycles. The molecule has 1 saturated carbocycles. The highest BCUT2D eigenvalue weighted by atomic mass is 32.2. The lowest BCUT2D eigenvalue weighted by molar-refractivity contribution is 0.316. The number of thioether (sulfide) groups is 1. The lowest BCUT2D eigenvalue weighted by atomic mass is 9.84. The third-order valence-corrected chi connectivity index (χ3v) is 5.72. The lowest BCUT2D eigenvalue weighted by Crippen LogP contribution is -2.38. The Labute approximate surface area is 107 Å². The Kier molecular flexibility index (Phi) is 3.17. The minimum atomic E-state index is 0.494. The van der Waals surface area contributed by atoms with E-state index in [1.165, 1.54) is 37.8 Å². The number of nitrogens with one attached hydrogen (secondary N) is 1. The molecule has 2 heterocycles. The number of rotatable bonds is 4. The molecule has 3 nitrogen and oxygen atoms in total. The topological polar surface area (TPSA) is 29.9 Å². The zero-order chi connectivity index (χ0) is 11.7. The van der Waals surface area contributed by atoms with Gasteiger partial charge < -0.3 is 9.88 Å². The Morgan fingerprint density at radius 1 is 1.53 bits per heavy atom. The summed E-state index contributed by atoms with van der Waals surface area (Å²) in [7, 11) is 0. The molecule has 3 rings (SSSR count). The number of hydrogen-bond acceptors (Lipinski definition) is 3. The number of aromatic nitrogens is 2. The quantitative estimate of drug-likeness (QED) is 0.892. The van der Waals surface area contributed by atoms with Crippen LogP contribution in [-0.2, 0) is 6.54 Å². The average Bonchev–Trinajstić information content (AvgIpc) is 2.93. The molecule has 2 aliphatic rings. The first-order valence-electron chi connectivity index (χ1n) is 6.62. The van der Waals surface area contributed by atoms with Crippen molar-refractivity contribution in [3.63, 3.8) is 0 Å². The molecule has 0 radical (unpaired) electrons. The Bertz CT molecular complexity index is 372. The van der Waals surface area contributed by atoms with Crippen molar-refractivity contribution in [2.24, 2.45) is 0 Å². The van der Waals surface area contributed by atoms with Crippen LogP contribution in [0.3, 0.4) is 0 Å². The van der Waals surface area contributed by atoms with Crippen molar-refractivity contribution >= 4 is 11.8 Å². The molecule has 2 fully saturated rings. The van der Waals surface area contributed by atoms with Gasteiger partial charge in [0.05, 0.1) is 12.0 Å². The fraction of sp³-hybridized carbons (Fsp3) is 0.769. The number of nitrogens with zero attached hydrogens (tertiary/aromatic N) is 2. The van der Waals surface area contributed by atoms with E-state index in [9.17, 15) is 0 Å². The van der Waals surface area contributed by atoms with Crippen LogP contribution in [0.2, 0.25) is 0 Å². The monoisotopic (exact) mass is 251 g/mol. The van der Waals surface area contributed by atoms with E-state index in [1.807, 2.05) is 18.1 Å². The Morgan fingerprint density at radius 3 is 3.00 bits per heavy atom. The summed E-state index contributed by atoms with van der Waals surface area (Å²) in [5.41, 5.74) is 1.39. The second-order valence-electron chi connectivity index (χ2n) is 5.34. The second-order valence-corrected chi connectivity index (χ2v) is 6.61. The zero-order valence-corrected chi connectivity index (χ0v) is 11.3. The van der Waals surface area contributed by atoms with E-state index in [0.717, 1.165) is 13.1 Å². The maximum absolute atomic E-state index is 4.36. The highest BCUT2D eigenvalue weighted by Crippen LogP contribution is 2.44. The van der Waals surface area contributed by atoms with Crippen LogP contribution in [0.5, 0.6) is 0 Å². The van der Waals surface area contributed by atoms with Gasteiger partial charge in [0.1, 0.15) is 0 Å². The molecule has 1 aromatic rings. The van der Waals surface area contributed by atoms with E-state index in [4.69, 9.17) is 0 Å². The minimum Gasteiger partial charge on any atom is -0.332 e. The van der Waals surface area contributed by atoms with E-state index in [1.54, 1.807) is 0 Å². The predicted octanol–water partition coefficient (Wildman–Crippen LogP) is 2.59. The third kappa shape index (κ3) is 2.13. The van der Waals surface area contributed by atoms with E-state index in [2.05, 4.69) is 27.3 Å². The van der Waals surface area contributed by atoms with Crippen LogP contribution in [0.4, 0.5) is 0 Å². The van der Waals surface area contributed by atoms with Crippen molar-refractivity contribution in [3.05, 3.63) is 18.2 Å². The zero-order valence-electron chi connectivity index (χ0n) is 10.5. The summed E-state index contributed by atoms with van der Waals surface area (Å²) in [5, 5.41) is 3.57. The Balaban J connectivity index is 1.76. The van der Waals surface area contributed by atoms with Gasteiger partial charge in [-0.1, -0.05) is 6.42 Å². The standard InChI is InChI=1S/C13H21N3S/c1-17-13(5-3-6-13)9-16-10-14-8-12(16)11-4-2-7-15-11/h8,10-11,15H,2-7,9H2,1H3/t11-/m0/s1. The molecule has 0 amide bonds. The van der Waals surface area contributed by atoms with Crippen LogP contribution in [0.1, 0.15) is 43.8 Å². The van der Waals surface area contributed by atoms with Crippen LogP contribution >= 0.6 is 11.8 Å². The van der Waals surface area contributed by atoms with Gasteiger partial charge in [0.2, 0.25) is 0 Å². The molecule has 4 heteroatoms. The molecule has 0 spiro atoms. The average molecular weight is 251 g/mol. The SMILES string of the molecule is CSC1(Cn2cncc2[C@@H]2CCCN2)CCC1. The van der Waals surface area contributed by atoms with E-state index in [-0.39, 0.29) is 0 Å². The first-order valence-corrected chi connectivity index (χ1v) is 7.84. The van der Waals surface area contributed by atoms with Crippen LogP contribution in [-0.4, -0.2) is 27.1 Å². The molecular weight excluding hydrogens is 230 g/mol. The molecule has 1 aromatic heterocycles. The maximum Gasteiger partial charge on any atom is 0.0949 e. The van der Waals surface area contributed by atoms with Gasteiger partial charge in [-0.25, -0.2) is 4.98 Å². The first-order chi connectivity index (χ1) is 8.33. The summed E-state index contributed by atoms with van der Waals surface area (Å²) in [5.74, 6) is 0. The normalized spacial score (nSPS) is 27.0. The van der Waals surface area contributed by atoms with Gasteiger partial charge in [-0.05, 0) is 38.5 Å². The van der Waals surface area contributed by atoms with Crippen molar-refractivity contribution in [1.82, 2.24) is 14.9 Å². The fourth-order valence-electron chi connectivity index (χ4n) is 3.00. The number of hydrogen-bond donors (Lipinski definition) is 1. The van der Waals surface area contributed by atoms with Crippen LogP contribution < -0.4 is 5.32 Å². The lowest BCUT2D eigenvalue weighted by Gasteiger charge is -2.41. The van der Waals surface area contributed by atoms with Gasteiger partial charge in [0.25, 0.3) is 0 Å². The Morgan fingerprint density at radius 2 is 2.41 bits per heavy atom. The van der Waals surface area contributed by atoms with Gasteiger partial charge >= 0.3 is 0 Å². The minimum absolute atomic E-state index is 0.494. The summed E-state index contributed by atoms with van der Waals surface area (Å²) in [4.78, 5) is 4.36. The highest BCUT2D eigenvalue weighted by molar-refractivity contribution is 8.00.